The zero-order chi connectivity index (χ0) is 29.1. The first-order chi connectivity index (χ1) is 19.7. The molecule has 2 aliphatic heterocycles. The van der Waals surface area contributed by atoms with Crippen molar-refractivity contribution in [3.8, 4) is 5.75 Å². The molecule has 1 saturated heterocycles. The Hall–Kier alpha value is -3.95. The van der Waals surface area contributed by atoms with Gasteiger partial charge in [-0.25, -0.2) is 4.98 Å². The Morgan fingerprint density at radius 1 is 0.976 bits per heavy atom. The summed E-state index contributed by atoms with van der Waals surface area (Å²) in [5.74, 6) is 0.430. The predicted molar refractivity (Wildman–Crippen MR) is 156 cm³/mol. The van der Waals surface area contributed by atoms with Gasteiger partial charge >= 0.3 is 0 Å². The highest BCUT2D eigenvalue weighted by Gasteiger charge is 2.42. The number of benzene rings is 1. The maximum absolute atomic E-state index is 13.7. The van der Waals surface area contributed by atoms with Crippen LogP contribution in [0.3, 0.4) is 0 Å². The number of ether oxygens (including phenoxy) is 1. The van der Waals surface area contributed by atoms with Crippen molar-refractivity contribution < 1.29 is 19.1 Å². The number of fused-ring (bicyclic) bond motifs is 2. The molecule has 1 aromatic carbocycles. The Bertz CT molecular complexity index is 1470. The second-order valence-electron chi connectivity index (χ2n) is 11.5. The van der Waals surface area contributed by atoms with E-state index in [4.69, 9.17) is 4.74 Å². The smallest absolute Gasteiger partial charge is 0.255 e. The lowest BCUT2D eigenvalue weighted by molar-refractivity contribution is -0.134. The molecule has 218 valence electrons. The summed E-state index contributed by atoms with van der Waals surface area (Å²) in [4.78, 5) is 46.6. The Labute approximate surface area is 240 Å². The van der Waals surface area contributed by atoms with Crippen molar-refractivity contribution in [2.45, 2.75) is 59.3 Å². The van der Waals surface area contributed by atoms with Gasteiger partial charge in [-0.15, -0.1) is 0 Å². The van der Waals surface area contributed by atoms with Gasteiger partial charge in [0.25, 0.3) is 11.8 Å². The number of carbonyl (C=O) groups is 3. The SMILES string of the molecule is Cc1ccc2c(c1)OCCCNC(=O)C1(CCCCNC2=O)CCN(C(=O)c2cc(C)nc3c2c(C)nn3C)CC1. The van der Waals surface area contributed by atoms with Gasteiger partial charge in [0, 0.05) is 38.9 Å². The molecule has 4 heterocycles. The molecule has 3 amide bonds. The molecule has 2 N–H and O–H groups in total. The van der Waals surface area contributed by atoms with Crippen LogP contribution < -0.4 is 15.4 Å². The highest BCUT2D eigenvalue weighted by molar-refractivity contribution is 6.06. The van der Waals surface area contributed by atoms with Gasteiger partial charge in [0.15, 0.2) is 5.65 Å². The lowest BCUT2D eigenvalue weighted by Crippen LogP contribution is -2.50. The van der Waals surface area contributed by atoms with Crippen molar-refractivity contribution in [2.75, 3.05) is 32.8 Å². The number of piperidine rings is 1. The second kappa shape index (κ2) is 11.9. The number of carbonyl (C=O) groups excluding carboxylic acids is 3. The molecule has 1 fully saturated rings. The highest BCUT2D eigenvalue weighted by atomic mass is 16.5. The first-order valence-electron chi connectivity index (χ1n) is 14.6. The zero-order valence-corrected chi connectivity index (χ0v) is 24.5. The molecule has 0 aliphatic carbocycles. The third kappa shape index (κ3) is 5.92. The van der Waals surface area contributed by atoms with Crippen molar-refractivity contribution in [3.63, 3.8) is 0 Å². The van der Waals surface area contributed by atoms with Crippen molar-refractivity contribution >= 4 is 28.8 Å². The number of likely N-dealkylation sites (tertiary alicyclic amines) is 1. The minimum absolute atomic E-state index is 0.0429. The molecule has 1 spiro atoms. The number of aromatic nitrogens is 3. The molecule has 0 saturated carbocycles. The molecule has 0 atom stereocenters. The number of amides is 3. The molecule has 2 aromatic heterocycles. The summed E-state index contributed by atoms with van der Waals surface area (Å²) in [6, 6.07) is 7.44. The Kier molecular flexibility index (Phi) is 8.28. The van der Waals surface area contributed by atoms with Crippen molar-refractivity contribution in [3.05, 3.63) is 52.3 Å². The van der Waals surface area contributed by atoms with Crippen LogP contribution >= 0.6 is 0 Å². The van der Waals surface area contributed by atoms with Gasteiger partial charge in [-0.05, 0) is 76.6 Å². The minimum atomic E-state index is -0.546. The number of hydrogen-bond acceptors (Lipinski definition) is 6. The van der Waals surface area contributed by atoms with Gasteiger partial charge in [-0.2, -0.15) is 5.10 Å². The average Bonchev–Trinajstić information content (AvgIpc) is 3.23. The molecule has 2 aliphatic rings. The monoisotopic (exact) mass is 560 g/mol. The average molecular weight is 561 g/mol. The summed E-state index contributed by atoms with van der Waals surface area (Å²) in [5, 5.41) is 11.4. The Morgan fingerprint density at radius 3 is 2.51 bits per heavy atom. The van der Waals surface area contributed by atoms with E-state index in [0.717, 1.165) is 35.2 Å². The van der Waals surface area contributed by atoms with Crippen LogP contribution in [-0.4, -0.2) is 70.2 Å². The predicted octanol–water partition coefficient (Wildman–Crippen LogP) is 3.61. The van der Waals surface area contributed by atoms with Crippen molar-refractivity contribution in [1.29, 1.82) is 0 Å². The van der Waals surface area contributed by atoms with Crippen LogP contribution in [0.2, 0.25) is 0 Å². The van der Waals surface area contributed by atoms with Gasteiger partial charge < -0.3 is 20.3 Å². The van der Waals surface area contributed by atoms with E-state index in [0.29, 0.717) is 81.0 Å². The summed E-state index contributed by atoms with van der Waals surface area (Å²) in [5.41, 5.74) is 3.88. The topological polar surface area (TPSA) is 118 Å². The lowest BCUT2D eigenvalue weighted by Gasteiger charge is -2.41. The number of nitrogens with one attached hydrogen (secondary N) is 2. The van der Waals surface area contributed by atoms with Crippen LogP contribution in [0.25, 0.3) is 11.0 Å². The van der Waals surface area contributed by atoms with Crippen LogP contribution in [0.5, 0.6) is 5.75 Å². The second-order valence-corrected chi connectivity index (χ2v) is 11.5. The fraction of sp³-hybridized carbons (Fsp3) is 0.516. The van der Waals surface area contributed by atoms with Crippen molar-refractivity contribution in [2.24, 2.45) is 12.5 Å². The molecule has 0 bridgehead atoms. The summed E-state index contributed by atoms with van der Waals surface area (Å²) in [6.45, 7) is 8.17. The standard InChI is InChI=1S/C31H40N6O4/c1-20-8-9-23-25(18-20)41-17-7-14-33-30(40)31(10-5-6-13-32-28(23)38)11-15-37(16-12-31)29(39)24-19-21(2)34-27-26(24)22(3)35-36(27)4/h8-9,18-19H,5-7,10-17H2,1-4H3,(H,32,38)(H,33,40). The van der Waals surface area contributed by atoms with Crippen LogP contribution in [0.1, 0.15) is 76.2 Å². The lowest BCUT2D eigenvalue weighted by atomic mass is 9.73. The summed E-state index contributed by atoms with van der Waals surface area (Å²) >= 11 is 0. The van der Waals surface area contributed by atoms with E-state index in [-0.39, 0.29) is 17.7 Å². The van der Waals surface area contributed by atoms with E-state index in [1.165, 1.54) is 0 Å². The fourth-order valence-corrected chi connectivity index (χ4v) is 6.10. The maximum Gasteiger partial charge on any atom is 0.255 e. The van der Waals surface area contributed by atoms with Gasteiger partial charge in [-0.3, -0.25) is 19.1 Å². The molecular weight excluding hydrogens is 520 g/mol. The summed E-state index contributed by atoms with van der Waals surface area (Å²) in [6.07, 6.45) is 4.10. The van der Waals surface area contributed by atoms with E-state index in [1.807, 2.05) is 50.9 Å². The maximum atomic E-state index is 13.7. The fourth-order valence-electron chi connectivity index (χ4n) is 6.10. The zero-order valence-electron chi connectivity index (χ0n) is 24.5. The van der Waals surface area contributed by atoms with Crippen LogP contribution in [0.4, 0.5) is 0 Å². The molecule has 0 unspecified atom stereocenters. The Morgan fingerprint density at radius 2 is 1.73 bits per heavy atom. The third-order valence-electron chi connectivity index (χ3n) is 8.43. The van der Waals surface area contributed by atoms with Gasteiger partial charge in [-0.1, -0.05) is 12.5 Å². The van der Waals surface area contributed by atoms with Gasteiger partial charge in [0.2, 0.25) is 5.91 Å². The summed E-state index contributed by atoms with van der Waals surface area (Å²) in [7, 11) is 1.84. The largest absolute Gasteiger partial charge is 0.493 e. The van der Waals surface area contributed by atoms with Crippen LogP contribution in [0, 0.1) is 26.2 Å². The molecule has 0 radical (unpaired) electrons. The number of pyridine rings is 1. The number of nitrogens with zero attached hydrogens (tertiary/aromatic N) is 4. The highest BCUT2D eigenvalue weighted by Crippen LogP contribution is 2.38. The van der Waals surface area contributed by atoms with Crippen LogP contribution in [-0.2, 0) is 11.8 Å². The molecule has 3 aromatic rings. The van der Waals surface area contributed by atoms with Crippen LogP contribution in [0.15, 0.2) is 24.3 Å². The van der Waals surface area contributed by atoms with Gasteiger partial charge in [0.1, 0.15) is 5.75 Å². The van der Waals surface area contributed by atoms with E-state index in [2.05, 4.69) is 20.7 Å². The number of rotatable bonds is 1. The first-order valence-corrected chi connectivity index (χ1v) is 14.6. The summed E-state index contributed by atoms with van der Waals surface area (Å²) < 4.78 is 7.67. The van der Waals surface area contributed by atoms with Crippen molar-refractivity contribution in [1.82, 2.24) is 30.3 Å². The molecular formula is C31H40N6O4. The van der Waals surface area contributed by atoms with Gasteiger partial charge in [0.05, 0.1) is 34.2 Å². The molecule has 41 heavy (non-hydrogen) atoms. The minimum Gasteiger partial charge on any atom is -0.493 e. The first kappa shape index (κ1) is 28.6. The van der Waals surface area contributed by atoms with E-state index >= 15 is 0 Å². The number of aryl methyl sites for hydroxylation is 4. The molecule has 10 heteroatoms. The van der Waals surface area contributed by atoms with E-state index in [9.17, 15) is 14.4 Å². The molecule has 10 nitrogen and oxygen atoms in total. The number of hydrogen-bond donors (Lipinski definition) is 2. The van der Waals surface area contributed by atoms with E-state index < -0.39 is 5.41 Å². The molecule has 5 rings (SSSR count). The normalized spacial score (nSPS) is 18.6. The Balaban J connectivity index is 1.28. The third-order valence-corrected chi connectivity index (χ3v) is 8.43. The quantitative estimate of drug-likeness (QED) is 0.470. The van der Waals surface area contributed by atoms with E-state index in [1.54, 1.807) is 10.7 Å².